The average molecular weight is 176 g/mol. The second-order valence-electron chi connectivity index (χ2n) is 1.71. The largest absolute Gasteiger partial charge is 1.00 e. The van der Waals surface area contributed by atoms with Crippen molar-refractivity contribution in [2.24, 2.45) is 0 Å². The van der Waals surface area contributed by atoms with Crippen LogP contribution in [-0.4, -0.2) is 0 Å². The zero-order chi connectivity index (χ0) is 5.82. The first-order valence-electron chi connectivity index (χ1n) is 2.87. The second-order valence-corrected chi connectivity index (χ2v) is 1.71. The molecule has 0 aromatic carbocycles. The van der Waals surface area contributed by atoms with E-state index in [9.17, 15) is 0 Å². The third-order valence-electron chi connectivity index (χ3n) is 1.14. The summed E-state index contributed by atoms with van der Waals surface area (Å²) in [6.45, 7) is 3.18. The number of halogens is 1. The van der Waals surface area contributed by atoms with Gasteiger partial charge in [-0.05, 0) is 6.92 Å². The van der Waals surface area contributed by atoms with Crippen LogP contribution in [0.25, 0.3) is 0 Å². The summed E-state index contributed by atoms with van der Waals surface area (Å²) in [7, 11) is 0. The molecule has 0 fully saturated rings. The fourth-order valence-corrected chi connectivity index (χ4v) is 0.645. The van der Waals surface area contributed by atoms with Gasteiger partial charge in [0, 0.05) is 12.1 Å². The van der Waals surface area contributed by atoms with Crippen LogP contribution in [0.15, 0.2) is 30.6 Å². The van der Waals surface area contributed by atoms with Gasteiger partial charge in [-0.15, -0.1) is 0 Å². The smallest absolute Gasteiger partial charge is 0.168 e. The number of rotatable bonds is 1. The lowest BCUT2D eigenvalue weighted by Crippen LogP contribution is -3.00. The van der Waals surface area contributed by atoms with Crippen molar-refractivity contribution < 1.29 is 17.0 Å². The van der Waals surface area contributed by atoms with E-state index in [0.29, 0.717) is 0 Å². The maximum absolute atomic E-state index is 2.12. The number of aromatic nitrogens is 1. The van der Waals surface area contributed by atoms with E-state index in [-0.39, 0.29) is 27.3 Å². The number of pyridine rings is 1. The van der Waals surface area contributed by atoms with E-state index in [1.165, 1.54) is 0 Å². The summed E-state index contributed by atoms with van der Waals surface area (Å²) in [4.78, 5) is 0. The number of hydrogen-bond acceptors (Lipinski definition) is 0. The Morgan fingerprint density at radius 1 is 1.00 bits per heavy atom. The normalized spacial score (nSPS) is 6.64. The minimum absolute atomic E-state index is 0. The average Bonchev–Trinajstić information content (AvgIpc) is 1.90. The monoisotopic (exact) mass is 175 g/mol. The van der Waals surface area contributed by atoms with Crippen LogP contribution in [-0.2, 0) is 6.54 Å². The standard InChI is InChI=1S/C7H10N.2CH4.ClH/c1-2-8-6-4-3-5-7-8;;;/h3-7H,2H2,1H3;2*1H4;1H/q+1;;;/p-1. The van der Waals surface area contributed by atoms with Gasteiger partial charge in [-0.3, -0.25) is 0 Å². The highest BCUT2D eigenvalue weighted by Crippen LogP contribution is 1.74. The van der Waals surface area contributed by atoms with E-state index in [1.807, 2.05) is 18.2 Å². The Kier molecular flexibility index (Phi) is 14.4. The summed E-state index contributed by atoms with van der Waals surface area (Å²) < 4.78 is 2.12. The van der Waals surface area contributed by atoms with Gasteiger partial charge in [-0.2, -0.15) is 0 Å². The van der Waals surface area contributed by atoms with Gasteiger partial charge in [0.05, 0.1) is 0 Å². The van der Waals surface area contributed by atoms with Crippen LogP contribution in [0.5, 0.6) is 0 Å². The van der Waals surface area contributed by atoms with Crippen molar-refractivity contribution in [1.29, 1.82) is 0 Å². The summed E-state index contributed by atoms with van der Waals surface area (Å²) in [5.41, 5.74) is 0. The summed E-state index contributed by atoms with van der Waals surface area (Å²) in [6.07, 6.45) is 4.11. The lowest BCUT2D eigenvalue weighted by Gasteiger charge is -1.84. The van der Waals surface area contributed by atoms with Crippen molar-refractivity contribution in [2.45, 2.75) is 28.3 Å². The number of nitrogens with zero attached hydrogens (tertiary/aromatic N) is 1. The highest BCUT2D eigenvalue weighted by Gasteiger charge is 1.86. The third kappa shape index (κ3) is 5.86. The predicted octanol–water partition coefficient (Wildman–Crippen LogP) is -0.730. The Hall–Kier alpha value is -0.560. The van der Waals surface area contributed by atoms with E-state index >= 15 is 0 Å². The van der Waals surface area contributed by atoms with Crippen molar-refractivity contribution in [3.8, 4) is 0 Å². The van der Waals surface area contributed by atoms with Gasteiger partial charge in [-0.25, -0.2) is 4.57 Å². The molecule has 0 aliphatic rings. The van der Waals surface area contributed by atoms with Gasteiger partial charge in [0.25, 0.3) is 0 Å². The second kappa shape index (κ2) is 9.44. The molecule has 0 bridgehead atoms. The summed E-state index contributed by atoms with van der Waals surface area (Å²) in [5.74, 6) is 0. The molecule has 0 saturated carbocycles. The van der Waals surface area contributed by atoms with Crippen LogP contribution >= 0.6 is 0 Å². The molecule has 0 amide bonds. The minimum atomic E-state index is 0. The van der Waals surface area contributed by atoms with Gasteiger partial charge in [0.2, 0.25) is 0 Å². The maximum atomic E-state index is 2.12. The van der Waals surface area contributed by atoms with Crippen LogP contribution in [0.1, 0.15) is 21.8 Å². The fourth-order valence-electron chi connectivity index (χ4n) is 0.645. The zero-order valence-electron chi connectivity index (χ0n) is 5.42. The van der Waals surface area contributed by atoms with Gasteiger partial charge in [0.15, 0.2) is 12.4 Å². The molecule has 0 saturated heterocycles. The quantitative estimate of drug-likeness (QED) is 0.496. The van der Waals surface area contributed by atoms with Gasteiger partial charge < -0.3 is 12.4 Å². The molecule has 1 aromatic rings. The maximum Gasteiger partial charge on any atom is 0.168 e. The van der Waals surface area contributed by atoms with Gasteiger partial charge in [-0.1, -0.05) is 20.9 Å². The first kappa shape index (κ1) is 16.8. The van der Waals surface area contributed by atoms with E-state index in [2.05, 4.69) is 23.9 Å². The fraction of sp³-hybridized carbons (Fsp3) is 0.444. The van der Waals surface area contributed by atoms with Crippen LogP contribution in [0.4, 0.5) is 0 Å². The van der Waals surface area contributed by atoms with E-state index < -0.39 is 0 Å². The molecule has 1 nitrogen and oxygen atoms in total. The van der Waals surface area contributed by atoms with E-state index in [4.69, 9.17) is 0 Å². The van der Waals surface area contributed by atoms with Crippen LogP contribution in [0, 0.1) is 0 Å². The van der Waals surface area contributed by atoms with Crippen molar-refractivity contribution in [2.75, 3.05) is 0 Å². The van der Waals surface area contributed by atoms with Crippen LogP contribution in [0.2, 0.25) is 0 Å². The lowest BCUT2D eigenvalue weighted by molar-refractivity contribution is -0.693. The Morgan fingerprint density at radius 3 is 1.73 bits per heavy atom. The first-order valence-corrected chi connectivity index (χ1v) is 2.87. The molecule has 0 unspecified atom stereocenters. The summed E-state index contributed by atoms with van der Waals surface area (Å²) in [5, 5.41) is 0. The molecule has 0 N–H and O–H groups in total. The lowest BCUT2D eigenvalue weighted by atomic mass is 10.5. The topological polar surface area (TPSA) is 3.88 Å². The van der Waals surface area contributed by atoms with E-state index in [0.717, 1.165) is 6.54 Å². The summed E-state index contributed by atoms with van der Waals surface area (Å²) >= 11 is 0. The molecule has 0 spiro atoms. The van der Waals surface area contributed by atoms with Gasteiger partial charge >= 0.3 is 0 Å². The minimum Gasteiger partial charge on any atom is -1.00 e. The highest BCUT2D eigenvalue weighted by molar-refractivity contribution is 4.83. The van der Waals surface area contributed by atoms with Crippen molar-refractivity contribution in [3.63, 3.8) is 0 Å². The number of aryl methyl sites for hydroxylation is 1. The molecular formula is C9H18ClN. The predicted molar refractivity (Wildman–Crippen MR) is 45.8 cm³/mol. The Balaban J connectivity index is -0.000000213. The van der Waals surface area contributed by atoms with Crippen molar-refractivity contribution in [1.82, 2.24) is 0 Å². The molecule has 0 radical (unpaired) electrons. The molecule has 11 heavy (non-hydrogen) atoms. The van der Waals surface area contributed by atoms with Gasteiger partial charge in [0.1, 0.15) is 6.54 Å². The molecule has 2 heteroatoms. The Labute approximate surface area is 76.5 Å². The molecule has 66 valence electrons. The molecule has 1 rings (SSSR count). The SMILES string of the molecule is C.C.CC[n+]1ccccc1.[Cl-]. The van der Waals surface area contributed by atoms with Crippen LogP contribution < -0.4 is 17.0 Å². The van der Waals surface area contributed by atoms with Crippen molar-refractivity contribution in [3.05, 3.63) is 30.6 Å². The Morgan fingerprint density at radius 2 is 1.45 bits per heavy atom. The Bertz CT molecular complexity index is 151. The van der Waals surface area contributed by atoms with E-state index in [1.54, 1.807) is 0 Å². The molecular weight excluding hydrogens is 158 g/mol. The summed E-state index contributed by atoms with van der Waals surface area (Å²) in [6, 6.07) is 6.08. The molecule has 1 heterocycles. The molecule has 0 aliphatic carbocycles. The molecule has 1 aromatic heterocycles. The van der Waals surface area contributed by atoms with Crippen LogP contribution in [0.3, 0.4) is 0 Å². The third-order valence-corrected chi connectivity index (χ3v) is 1.14. The zero-order valence-corrected chi connectivity index (χ0v) is 6.17. The molecule has 0 aliphatic heterocycles. The highest BCUT2D eigenvalue weighted by atomic mass is 35.5. The first-order chi connectivity index (χ1) is 3.93. The number of hydrogen-bond donors (Lipinski definition) is 0. The van der Waals surface area contributed by atoms with Crippen molar-refractivity contribution >= 4 is 0 Å². The molecule has 0 atom stereocenters.